The maximum atomic E-state index is 13.1. The quantitative estimate of drug-likeness (QED) is 0.104. The van der Waals surface area contributed by atoms with Gasteiger partial charge in [-0.05, 0) is 111 Å². The van der Waals surface area contributed by atoms with Crippen LogP contribution in [-0.4, -0.2) is 73.2 Å². The summed E-state index contributed by atoms with van der Waals surface area (Å²) in [4.78, 5) is 13.6. The van der Waals surface area contributed by atoms with E-state index in [1.807, 2.05) is 70.2 Å². The molecule has 0 fully saturated rings. The normalized spacial score (nSPS) is 13.5. The van der Waals surface area contributed by atoms with Crippen LogP contribution in [0, 0.1) is 33.1 Å². The van der Waals surface area contributed by atoms with Crippen molar-refractivity contribution in [1.82, 2.24) is 19.6 Å². The Kier molecular flexibility index (Phi) is 14.4. The van der Waals surface area contributed by atoms with Crippen molar-refractivity contribution in [3.8, 4) is 17.1 Å². The number of aryl methyl sites for hydroxylation is 4. The van der Waals surface area contributed by atoms with Gasteiger partial charge in [0, 0.05) is 59.4 Å². The highest BCUT2D eigenvalue weighted by molar-refractivity contribution is 7.88. The molecule has 0 amide bonds. The SMILES string of the molecule is CCN(CCNS(C)(=O)=O)c1ccc(N=C2C(C(C)(C)C)=Nn3nc(-c4ccc(NS(=O)Oc5cc(Nc6cc(C)ccc6C)ccc5C)cc4)nc32)c(C)c1.O=S=O. The average molecular weight is 860 g/mol. The van der Waals surface area contributed by atoms with Crippen LogP contribution < -0.4 is 23.8 Å². The van der Waals surface area contributed by atoms with Crippen molar-refractivity contribution in [1.29, 1.82) is 0 Å². The highest BCUT2D eigenvalue weighted by Crippen LogP contribution is 2.32. The molecule has 18 heteroatoms. The molecule has 1 atom stereocenters. The number of nitrogens with one attached hydrogen (secondary N) is 3. The van der Waals surface area contributed by atoms with Crippen LogP contribution >= 0.6 is 0 Å². The molecule has 1 aromatic heterocycles. The van der Waals surface area contributed by atoms with Gasteiger partial charge in [0.05, 0.1) is 17.7 Å². The molecule has 1 aliphatic heterocycles. The summed E-state index contributed by atoms with van der Waals surface area (Å²) in [6.45, 7) is 17.8. The molecular formula is C41H49N9O6S3. The van der Waals surface area contributed by atoms with Gasteiger partial charge in [-0.2, -0.15) is 17.7 Å². The fraction of sp³-hybridized carbons (Fsp3) is 0.317. The number of hydrogen-bond donors (Lipinski definition) is 3. The highest BCUT2D eigenvalue weighted by Gasteiger charge is 2.35. The summed E-state index contributed by atoms with van der Waals surface area (Å²) in [5.41, 5.74) is 10.1. The third-order valence-corrected chi connectivity index (χ3v) is 10.7. The van der Waals surface area contributed by atoms with E-state index in [9.17, 15) is 12.6 Å². The molecule has 15 nitrogen and oxygen atoms in total. The molecule has 3 N–H and O–H groups in total. The van der Waals surface area contributed by atoms with Gasteiger partial charge in [0.25, 0.3) is 0 Å². The zero-order chi connectivity index (χ0) is 43.1. The zero-order valence-electron chi connectivity index (χ0n) is 34.5. The predicted octanol–water partition coefficient (Wildman–Crippen LogP) is 7.08. The third kappa shape index (κ3) is 11.8. The number of sulfonamides is 1. The van der Waals surface area contributed by atoms with Crippen molar-refractivity contribution in [3.63, 3.8) is 0 Å². The summed E-state index contributed by atoms with van der Waals surface area (Å²) in [5.74, 6) is 1.52. The van der Waals surface area contributed by atoms with Crippen LogP contribution in [0.4, 0.5) is 28.4 Å². The zero-order valence-corrected chi connectivity index (χ0v) is 36.9. The monoisotopic (exact) mass is 859 g/mol. The van der Waals surface area contributed by atoms with E-state index in [1.165, 1.54) is 4.79 Å². The summed E-state index contributed by atoms with van der Waals surface area (Å²) < 4.78 is 64.1. The van der Waals surface area contributed by atoms with Crippen molar-refractivity contribution < 1.29 is 25.2 Å². The van der Waals surface area contributed by atoms with Gasteiger partial charge in [0.2, 0.25) is 15.8 Å². The van der Waals surface area contributed by atoms with Gasteiger partial charge in [0.1, 0.15) is 11.5 Å². The second-order valence-corrected chi connectivity index (χ2v) is 17.8. The molecule has 1 unspecified atom stereocenters. The van der Waals surface area contributed by atoms with Crippen LogP contribution in [-0.2, 0) is 32.9 Å². The highest BCUT2D eigenvalue weighted by atomic mass is 32.2. The number of anilines is 4. The fourth-order valence-electron chi connectivity index (χ4n) is 6.10. The van der Waals surface area contributed by atoms with E-state index in [0.29, 0.717) is 41.9 Å². The maximum Gasteiger partial charge on any atom is 0.335 e. The van der Waals surface area contributed by atoms with Crippen LogP contribution in [0.2, 0.25) is 0 Å². The lowest BCUT2D eigenvalue weighted by atomic mass is 9.87. The number of aliphatic imine (C=N–C) groups is 1. The first-order valence-corrected chi connectivity index (χ1v) is 22.3. The third-order valence-electron chi connectivity index (χ3n) is 9.21. The molecule has 312 valence electrons. The largest absolute Gasteiger partial charge is 0.385 e. The van der Waals surface area contributed by atoms with E-state index in [-0.39, 0.29) is 5.41 Å². The summed E-state index contributed by atoms with van der Waals surface area (Å²) in [7, 11) is -3.26. The summed E-state index contributed by atoms with van der Waals surface area (Å²) >= 11 is -2.61. The van der Waals surface area contributed by atoms with Crippen LogP contribution in [0.5, 0.6) is 5.75 Å². The van der Waals surface area contributed by atoms with Gasteiger partial charge in [-0.3, -0.25) is 4.72 Å². The molecule has 1 aliphatic rings. The number of aromatic nitrogens is 3. The minimum Gasteiger partial charge on any atom is -0.385 e. The van der Waals surface area contributed by atoms with Crippen LogP contribution in [0.15, 0.2) is 89.0 Å². The number of fused-ring (bicyclic) bond motifs is 1. The Morgan fingerprint density at radius 3 is 2.22 bits per heavy atom. The Labute approximate surface area is 351 Å². The van der Waals surface area contributed by atoms with E-state index in [2.05, 4.69) is 71.6 Å². The van der Waals surface area contributed by atoms with Crippen LogP contribution in [0.1, 0.15) is 55.8 Å². The lowest BCUT2D eigenvalue weighted by molar-refractivity contribution is 0.564. The standard InChI is InChI=1S/C41H49N9O4S2.O2S/c1-10-49(22-21-42-56(9,52)53)33-19-20-34(29(5)24-33)44-37-38(41(6,7)8)46-50-40(37)45-39(47-50)30-14-17-31(18-15-30)48-55(51)54-36-25-32(16-13-28(36)4)43-35-23-26(2)11-12-27(35)3;1-3-2/h11-20,23-25,42-43,48H,10,21-22H2,1-9H3;. The molecule has 4 aromatic carbocycles. The van der Waals surface area contributed by atoms with E-state index < -0.39 is 32.9 Å². The molecule has 0 saturated carbocycles. The Balaban J connectivity index is 0.00000214. The number of hydrogen-bond acceptors (Lipinski definition) is 12. The molecule has 5 aromatic rings. The summed E-state index contributed by atoms with van der Waals surface area (Å²) in [6.07, 6.45) is 1.16. The topological polar surface area (TPSA) is 189 Å². The fourth-order valence-corrected chi connectivity index (χ4v) is 7.27. The molecular weight excluding hydrogens is 811 g/mol. The van der Waals surface area contributed by atoms with Gasteiger partial charge >= 0.3 is 22.8 Å². The van der Waals surface area contributed by atoms with Crippen molar-refractivity contribution in [2.75, 3.05) is 40.8 Å². The molecule has 59 heavy (non-hydrogen) atoms. The first-order valence-electron chi connectivity index (χ1n) is 18.7. The molecule has 0 radical (unpaired) electrons. The second-order valence-electron chi connectivity index (χ2n) is 15.0. The molecule has 0 spiro atoms. The predicted molar refractivity (Wildman–Crippen MR) is 238 cm³/mol. The minimum atomic E-state index is -3.26. The Morgan fingerprint density at radius 1 is 0.898 bits per heavy atom. The molecule has 0 bridgehead atoms. The molecule has 0 aliphatic carbocycles. The Hall–Kier alpha value is -5.56. The van der Waals surface area contributed by atoms with Gasteiger partial charge in [-0.25, -0.2) is 23.1 Å². The van der Waals surface area contributed by atoms with E-state index in [4.69, 9.17) is 32.8 Å². The number of rotatable bonds is 14. The van der Waals surface area contributed by atoms with Crippen molar-refractivity contribution in [2.45, 2.75) is 55.4 Å². The first kappa shape index (κ1) is 44.5. The lowest BCUT2D eigenvalue weighted by Gasteiger charge is -2.24. The van der Waals surface area contributed by atoms with Crippen molar-refractivity contribution >= 4 is 72.7 Å². The van der Waals surface area contributed by atoms with Gasteiger partial charge < -0.3 is 14.4 Å². The number of benzene rings is 4. The Bertz CT molecular complexity index is 2560. The van der Waals surface area contributed by atoms with Crippen LogP contribution in [0.25, 0.3) is 11.4 Å². The van der Waals surface area contributed by atoms with E-state index >= 15 is 0 Å². The van der Waals surface area contributed by atoms with Crippen LogP contribution in [0.3, 0.4) is 0 Å². The smallest absolute Gasteiger partial charge is 0.335 e. The van der Waals surface area contributed by atoms with E-state index in [0.717, 1.165) is 69.1 Å². The first-order chi connectivity index (χ1) is 27.9. The second kappa shape index (κ2) is 19.0. The number of likely N-dealkylation sites (N-methyl/N-ethyl adjacent to an activating group) is 1. The average Bonchev–Trinajstić information content (AvgIpc) is 3.73. The number of nitrogens with zero attached hydrogens (tertiary/aromatic N) is 6. The Morgan fingerprint density at radius 2 is 1.58 bits per heavy atom. The maximum absolute atomic E-state index is 13.1. The van der Waals surface area contributed by atoms with Gasteiger partial charge in [-0.15, -0.1) is 9.89 Å². The molecule has 6 rings (SSSR count). The van der Waals surface area contributed by atoms with Gasteiger partial charge in [-0.1, -0.05) is 39.0 Å². The minimum absolute atomic E-state index is 0.314. The summed E-state index contributed by atoms with van der Waals surface area (Å²) in [5, 5.41) is 13.0. The summed E-state index contributed by atoms with van der Waals surface area (Å²) in [6, 6.07) is 25.3. The van der Waals surface area contributed by atoms with Crippen molar-refractivity contribution in [2.24, 2.45) is 15.5 Å². The molecule has 2 heterocycles. The van der Waals surface area contributed by atoms with Crippen molar-refractivity contribution in [3.05, 3.63) is 107 Å². The van der Waals surface area contributed by atoms with Gasteiger partial charge in [0.15, 0.2) is 5.82 Å². The van der Waals surface area contributed by atoms with E-state index in [1.54, 1.807) is 12.1 Å². The molecule has 0 saturated heterocycles. The lowest BCUT2D eigenvalue weighted by Crippen LogP contribution is -2.34.